The van der Waals surface area contributed by atoms with Crippen LogP contribution in [0.1, 0.15) is 13.8 Å². The molecule has 0 bridgehead atoms. The fourth-order valence-electron chi connectivity index (χ4n) is 1.60. The Morgan fingerprint density at radius 2 is 2.07 bits per heavy atom. The maximum atomic E-state index is 11.2. The lowest BCUT2D eigenvalue weighted by Gasteiger charge is -2.43. The van der Waals surface area contributed by atoms with Crippen molar-refractivity contribution in [1.29, 1.82) is 0 Å². The predicted molar refractivity (Wildman–Crippen MR) is 54.3 cm³/mol. The monoisotopic (exact) mass is 215 g/mol. The van der Waals surface area contributed by atoms with Gasteiger partial charge in [-0.15, -0.1) is 0 Å². The lowest BCUT2D eigenvalue weighted by atomic mass is 9.97. The third-order valence-electron chi connectivity index (χ3n) is 2.09. The number of aliphatic hydroxyl groups is 1. The molecule has 0 aromatic carbocycles. The number of nitrogens with zero attached hydrogens (tertiary/aromatic N) is 1. The number of carbonyl (C=O) groups excluding carboxylic acids is 2. The van der Waals surface area contributed by atoms with Gasteiger partial charge in [-0.05, 0) is 13.8 Å². The smallest absolute Gasteiger partial charge is 0.321 e. The maximum absolute atomic E-state index is 11.2. The van der Waals surface area contributed by atoms with Crippen molar-refractivity contribution in [2.24, 2.45) is 0 Å². The highest BCUT2D eigenvalue weighted by Gasteiger charge is 2.37. The SMILES string of the molecule is CCNC(=O)NC(=O)CN1CC(C)(O)C1. The van der Waals surface area contributed by atoms with E-state index in [9.17, 15) is 14.7 Å². The lowest BCUT2D eigenvalue weighted by molar-refractivity contribution is -0.129. The number of urea groups is 1. The van der Waals surface area contributed by atoms with E-state index in [0.717, 1.165) is 0 Å². The van der Waals surface area contributed by atoms with Crippen molar-refractivity contribution in [2.75, 3.05) is 26.2 Å². The van der Waals surface area contributed by atoms with Gasteiger partial charge >= 0.3 is 6.03 Å². The molecular formula is C9H17N3O3. The third kappa shape index (κ3) is 3.85. The Balaban J connectivity index is 2.18. The summed E-state index contributed by atoms with van der Waals surface area (Å²) >= 11 is 0. The molecule has 3 amide bonds. The summed E-state index contributed by atoms with van der Waals surface area (Å²) in [6.45, 7) is 5.05. The summed E-state index contributed by atoms with van der Waals surface area (Å²) in [4.78, 5) is 24.0. The van der Waals surface area contributed by atoms with Crippen LogP contribution >= 0.6 is 0 Å². The molecule has 86 valence electrons. The second-order valence-corrected chi connectivity index (χ2v) is 4.05. The molecule has 0 unspecified atom stereocenters. The quantitative estimate of drug-likeness (QED) is 0.558. The highest BCUT2D eigenvalue weighted by molar-refractivity contribution is 5.95. The lowest BCUT2D eigenvalue weighted by Crippen LogP contribution is -2.62. The van der Waals surface area contributed by atoms with Gasteiger partial charge in [0.15, 0.2) is 0 Å². The average Bonchev–Trinajstić information content (AvgIpc) is 2.00. The van der Waals surface area contributed by atoms with Gasteiger partial charge in [0.2, 0.25) is 5.91 Å². The first-order valence-corrected chi connectivity index (χ1v) is 4.95. The first-order valence-electron chi connectivity index (χ1n) is 4.95. The molecule has 0 aromatic heterocycles. The van der Waals surface area contributed by atoms with Gasteiger partial charge in [0.05, 0.1) is 12.1 Å². The molecule has 1 heterocycles. The maximum Gasteiger partial charge on any atom is 0.321 e. The third-order valence-corrected chi connectivity index (χ3v) is 2.09. The van der Waals surface area contributed by atoms with Gasteiger partial charge in [-0.3, -0.25) is 15.0 Å². The zero-order chi connectivity index (χ0) is 11.5. The number of carbonyl (C=O) groups is 2. The minimum absolute atomic E-state index is 0.146. The summed E-state index contributed by atoms with van der Waals surface area (Å²) in [7, 11) is 0. The van der Waals surface area contributed by atoms with Crippen LogP contribution in [0.4, 0.5) is 4.79 Å². The van der Waals surface area contributed by atoms with Crippen LogP contribution in [0, 0.1) is 0 Å². The minimum Gasteiger partial charge on any atom is -0.388 e. The highest BCUT2D eigenvalue weighted by Crippen LogP contribution is 2.18. The van der Waals surface area contributed by atoms with Crippen LogP contribution in [0.15, 0.2) is 0 Å². The van der Waals surface area contributed by atoms with Crippen LogP contribution in [0.5, 0.6) is 0 Å². The zero-order valence-electron chi connectivity index (χ0n) is 9.04. The Morgan fingerprint density at radius 3 is 2.53 bits per heavy atom. The van der Waals surface area contributed by atoms with Crippen molar-refractivity contribution in [3.8, 4) is 0 Å². The average molecular weight is 215 g/mol. The van der Waals surface area contributed by atoms with E-state index in [0.29, 0.717) is 19.6 Å². The summed E-state index contributed by atoms with van der Waals surface area (Å²) in [5.74, 6) is -0.351. The number of hydrogen-bond donors (Lipinski definition) is 3. The zero-order valence-corrected chi connectivity index (χ0v) is 9.04. The van der Waals surface area contributed by atoms with Gasteiger partial charge in [-0.1, -0.05) is 0 Å². The van der Waals surface area contributed by atoms with E-state index in [1.165, 1.54) is 0 Å². The number of nitrogens with one attached hydrogen (secondary N) is 2. The molecule has 6 nitrogen and oxygen atoms in total. The van der Waals surface area contributed by atoms with Gasteiger partial charge in [-0.2, -0.15) is 0 Å². The van der Waals surface area contributed by atoms with E-state index >= 15 is 0 Å². The summed E-state index contributed by atoms with van der Waals surface area (Å²) in [5.41, 5.74) is -0.689. The van der Waals surface area contributed by atoms with Gasteiger partial charge in [0, 0.05) is 19.6 Å². The molecule has 0 aliphatic carbocycles. The molecule has 15 heavy (non-hydrogen) atoms. The molecule has 1 aliphatic rings. The van der Waals surface area contributed by atoms with Crippen molar-refractivity contribution in [1.82, 2.24) is 15.5 Å². The van der Waals surface area contributed by atoms with Crippen LogP contribution in [-0.4, -0.2) is 53.7 Å². The molecule has 6 heteroatoms. The Labute approximate surface area is 88.6 Å². The molecule has 1 fully saturated rings. The Kier molecular flexibility index (Phi) is 3.65. The minimum atomic E-state index is -0.689. The van der Waals surface area contributed by atoms with Crippen LogP contribution in [0.2, 0.25) is 0 Å². The van der Waals surface area contributed by atoms with E-state index in [2.05, 4.69) is 10.6 Å². The number of rotatable bonds is 3. The molecular weight excluding hydrogens is 198 g/mol. The van der Waals surface area contributed by atoms with E-state index in [4.69, 9.17) is 0 Å². The predicted octanol–water partition coefficient (Wildman–Crippen LogP) is -1.10. The number of hydrogen-bond acceptors (Lipinski definition) is 4. The van der Waals surface area contributed by atoms with Crippen molar-refractivity contribution in [3.05, 3.63) is 0 Å². The van der Waals surface area contributed by atoms with Crippen LogP contribution in [-0.2, 0) is 4.79 Å². The summed E-state index contributed by atoms with van der Waals surface area (Å²) in [5, 5.41) is 14.1. The van der Waals surface area contributed by atoms with E-state index in [1.54, 1.807) is 18.7 Å². The van der Waals surface area contributed by atoms with Gasteiger partial charge in [-0.25, -0.2) is 4.79 Å². The fraction of sp³-hybridized carbons (Fsp3) is 0.778. The number of β-amino-alcohol motifs (C(OH)–C–C–N with tert-alkyl or cyclic N) is 1. The second-order valence-electron chi connectivity index (χ2n) is 4.05. The number of amides is 3. The standard InChI is InChI=1S/C9H17N3O3/c1-3-10-8(14)11-7(13)4-12-5-9(2,15)6-12/h15H,3-6H2,1-2H3,(H2,10,11,13,14). The highest BCUT2D eigenvalue weighted by atomic mass is 16.3. The molecule has 0 aromatic rings. The van der Waals surface area contributed by atoms with E-state index in [-0.39, 0.29) is 12.5 Å². The first kappa shape index (κ1) is 11.9. The van der Waals surface area contributed by atoms with Crippen LogP contribution < -0.4 is 10.6 Å². The number of likely N-dealkylation sites (tertiary alicyclic amines) is 1. The Morgan fingerprint density at radius 1 is 1.47 bits per heavy atom. The summed E-state index contributed by atoms with van der Waals surface area (Å²) in [6.07, 6.45) is 0. The molecule has 0 saturated carbocycles. The molecule has 1 rings (SSSR count). The largest absolute Gasteiger partial charge is 0.388 e. The molecule has 0 spiro atoms. The van der Waals surface area contributed by atoms with E-state index < -0.39 is 11.6 Å². The Hall–Kier alpha value is -1.14. The van der Waals surface area contributed by atoms with E-state index in [1.807, 2.05) is 0 Å². The summed E-state index contributed by atoms with van der Waals surface area (Å²) < 4.78 is 0. The molecule has 3 N–H and O–H groups in total. The fourth-order valence-corrected chi connectivity index (χ4v) is 1.60. The van der Waals surface area contributed by atoms with Gasteiger partial charge in [0.1, 0.15) is 0 Å². The Bertz CT molecular complexity index is 257. The molecule has 1 saturated heterocycles. The molecule has 1 aliphatic heterocycles. The topological polar surface area (TPSA) is 81.7 Å². The van der Waals surface area contributed by atoms with Crippen molar-refractivity contribution in [3.63, 3.8) is 0 Å². The van der Waals surface area contributed by atoms with Crippen LogP contribution in [0.3, 0.4) is 0 Å². The van der Waals surface area contributed by atoms with Crippen molar-refractivity contribution in [2.45, 2.75) is 19.4 Å². The van der Waals surface area contributed by atoms with Gasteiger partial charge < -0.3 is 10.4 Å². The summed E-state index contributed by atoms with van der Waals surface area (Å²) in [6, 6.07) is -0.477. The first-order chi connectivity index (χ1) is 6.93. The number of imide groups is 1. The van der Waals surface area contributed by atoms with Crippen LogP contribution in [0.25, 0.3) is 0 Å². The van der Waals surface area contributed by atoms with Crippen molar-refractivity contribution < 1.29 is 14.7 Å². The molecule has 0 atom stereocenters. The van der Waals surface area contributed by atoms with Gasteiger partial charge in [0.25, 0.3) is 0 Å². The second kappa shape index (κ2) is 4.59. The van der Waals surface area contributed by atoms with Crippen molar-refractivity contribution >= 4 is 11.9 Å². The molecule has 0 radical (unpaired) electrons. The normalized spacial score (nSPS) is 19.1.